The molecule has 14 heavy (non-hydrogen) atoms. The molecule has 0 radical (unpaired) electrons. The molecule has 0 N–H and O–H groups in total. The van der Waals surface area contributed by atoms with E-state index >= 15 is 0 Å². The van der Waals surface area contributed by atoms with E-state index in [0.29, 0.717) is 14.9 Å². The Hall–Kier alpha value is -1.43. The van der Waals surface area contributed by atoms with Gasteiger partial charge in [0.15, 0.2) is 5.75 Å². The minimum atomic E-state index is -2.91. The van der Waals surface area contributed by atoms with Crippen LogP contribution in [0.4, 0.5) is 8.78 Å². The van der Waals surface area contributed by atoms with Crippen LogP contribution in [0.15, 0.2) is 23.7 Å². The van der Waals surface area contributed by atoms with E-state index in [9.17, 15) is 14.0 Å². The van der Waals surface area contributed by atoms with Gasteiger partial charge in [0.1, 0.15) is 0 Å². The Morgan fingerprint density at radius 2 is 2.29 bits per heavy atom. The minimum Gasteiger partial charge on any atom is -0.618 e. The summed E-state index contributed by atoms with van der Waals surface area (Å²) in [6, 6.07) is 3.08. The fourth-order valence-corrected chi connectivity index (χ4v) is 1.90. The van der Waals surface area contributed by atoms with Crippen LogP contribution in [0.3, 0.4) is 0 Å². The number of halogens is 2. The van der Waals surface area contributed by atoms with Crippen LogP contribution in [0, 0.1) is 5.21 Å². The number of rotatable bonds is 2. The number of thiophene rings is 1. The van der Waals surface area contributed by atoms with Crippen molar-refractivity contribution in [2.75, 3.05) is 0 Å². The summed E-state index contributed by atoms with van der Waals surface area (Å²) in [5, 5.41) is 13.6. The monoisotopic (exact) mass is 217 g/mol. The predicted octanol–water partition coefficient (Wildman–Crippen LogP) is 2.14. The second kappa shape index (κ2) is 3.38. The largest absolute Gasteiger partial charge is 0.618 e. The Bertz CT molecular complexity index is 458. The van der Waals surface area contributed by atoms with Gasteiger partial charge < -0.3 is 9.94 Å². The Kier molecular flexibility index (Phi) is 2.20. The Balaban J connectivity index is 2.47. The molecular weight excluding hydrogens is 212 g/mol. The van der Waals surface area contributed by atoms with Crippen molar-refractivity contribution in [2.45, 2.75) is 6.61 Å². The molecule has 2 aromatic heterocycles. The predicted molar refractivity (Wildman–Crippen MR) is 47.4 cm³/mol. The van der Waals surface area contributed by atoms with Gasteiger partial charge in [0, 0.05) is 6.07 Å². The number of aromatic nitrogens is 1. The molecule has 2 aromatic rings. The first-order chi connectivity index (χ1) is 6.66. The number of nitrogens with zero attached hydrogens (tertiary/aromatic N) is 1. The van der Waals surface area contributed by atoms with Gasteiger partial charge in [-0.15, -0.1) is 0 Å². The second-order valence-corrected chi connectivity index (χ2v) is 3.46. The first kappa shape index (κ1) is 9.14. The highest BCUT2D eigenvalue weighted by Crippen LogP contribution is 2.22. The normalized spacial score (nSPS) is 11.1. The zero-order valence-corrected chi connectivity index (χ0v) is 7.63. The zero-order chi connectivity index (χ0) is 10.1. The van der Waals surface area contributed by atoms with E-state index < -0.39 is 6.61 Å². The molecule has 0 fully saturated rings. The van der Waals surface area contributed by atoms with Crippen LogP contribution in [0.1, 0.15) is 0 Å². The van der Waals surface area contributed by atoms with Crippen LogP contribution in [-0.4, -0.2) is 6.61 Å². The van der Waals surface area contributed by atoms with Gasteiger partial charge in [-0.2, -0.15) is 13.5 Å². The highest BCUT2D eigenvalue weighted by molar-refractivity contribution is 7.16. The Morgan fingerprint density at radius 1 is 1.50 bits per heavy atom. The van der Waals surface area contributed by atoms with E-state index in [4.69, 9.17) is 0 Å². The van der Waals surface area contributed by atoms with E-state index in [0.717, 1.165) is 6.20 Å². The lowest BCUT2D eigenvalue weighted by Crippen LogP contribution is -2.25. The van der Waals surface area contributed by atoms with E-state index in [1.807, 2.05) is 0 Å². The first-order valence-electron chi connectivity index (χ1n) is 3.72. The van der Waals surface area contributed by atoms with Gasteiger partial charge in [-0.05, 0) is 11.4 Å². The maximum atomic E-state index is 11.8. The molecule has 2 heterocycles. The average molecular weight is 217 g/mol. The average Bonchev–Trinajstić information content (AvgIpc) is 2.50. The summed E-state index contributed by atoms with van der Waals surface area (Å²) in [7, 11) is 0. The number of ether oxygens (including phenoxy) is 1. The highest BCUT2D eigenvalue weighted by atomic mass is 32.1. The maximum Gasteiger partial charge on any atom is 0.387 e. The molecule has 3 nitrogen and oxygen atoms in total. The highest BCUT2D eigenvalue weighted by Gasteiger charge is 2.12. The first-order valence-corrected chi connectivity index (χ1v) is 4.60. The van der Waals surface area contributed by atoms with Crippen LogP contribution in [0.25, 0.3) is 10.2 Å². The van der Waals surface area contributed by atoms with Crippen molar-refractivity contribution in [3.63, 3.8) is 0 Å². The standard InChI is InChI=1S/C8H5F2NO2S/c9-8(10)13-6-3-5-1-2-14-7(5)11(12)4-6/h1-4,8H. The number of alkyl halides is 2. The molecule has 0 aliphatic carbocycles. The van der Waals surface area contributed by atoms with E-state index in [-0.39, 0.29) is 5.75 Å². The molecule has 74 valence electrons. The molecular formula is C8H5F2NO2S. The number of hydrogen-bond donors (Lipinski definition) is 0. The van der Waals surface area contributed by atoms with Crippen molar-refractivity contribution >= 4 is 21.6 Å². The van der Waals surface area contributed by atoms with Crippen LogP contribution in [0.2, 0.25) is 0 Å². The second-order valence-electron chi connectivity index (χ2n) is 2.56. The van der Waals surface area contributed by atoms with Gasteiger partial charge in [0.25, 0.3) is 4.83 Å². The van der Waals surface area contributed by atoms with Crippen LogP contribution < -0.4 is 9.47 Å². The van der Waals surface area contributed by atoms with Gasteiger partial charge in [-0.25, -0.2) is 0 Å². The lowest BCUT2D eigenvalue weighted by Gasteiger charge is -2.03. The summed E-state index contributed by atoms with van der Waals surface area (Å²) in [6.07, 6.45) is 0.991. The SMILES string of the molecule is [O-][n+]1cc(OC(F)F)cc2ccsc21. The molecule has 2 rings (SSSR count). The van der Waals surface area contributed by atoms with Gasteiger partial charge in [-0.1, -0.05) is 11.3 Å². The maximum absolute atomic E-state index is 11.8. The van der Waals surface area contributed by atoms with Gasteiger partial charge >= 0.3 is 6.61 Å². The summed E-state index contributed by atoms with van der Waals surface area (Å²) >= 11 is 1.25. The van der Waals surface area contributed by atoms with Crippen molar-refractivity contribution in [3.05, 3.63) is 28.9 Å². The molecule has 0 atom stereocenters. The summed E-state index contributed by atoms with van der Waals surface area (Å²) in [6.45, 7) is -2.91. The van der Waals surface area contributed by atoms with Crippen molar-refractivity contribution in [3.8, 4) is 5.75 Å². The van der Waals surface area contributed by atoms with Crippen molar-refractivity contribution in [1.82, 2.24) is 0 Å². The molecule has 0 saturated carbocycles. The third kappa shape index (κ3) is 1.60. The molecule has 0 bridgehead atoms. The zero-order valence-electron chi connectivity index (χ0n) is 6.81. The minimum absolute atomic E-state index is 0.124. The topological polar surface area (TPSA) is 36.2 Å². The van der Waals surface area contributed by atoms with Gasteiger partial charge in [-0.3, -0.25) is 0 Å². The fourth-order valence-electron chi connectivity index (χ4n) is 1.13. The van der Waals surface area contributed by atoms with Crippen LogP contribution in [0.5, 0.6) is 5.75 Å². The summed E-state index contributed by atoms with van der Waals surface area (Å²) in [4.78, 5) is 0.478. The Labute approximate surface area is 81.7 Å². The molecule has 6 heteroatoms. The molecule has 0 aliphatic heterocycles. The van der Waals surface area contributed by atoms with E-state index in [2.05, 4.69) is 4.74 Å². The third-order valence-electron chi connectivity index (χ3n) is 1.64. The lowest BCUT2D eigenvalue weighted by atomic mass is 10.3. The quantitative estimate of drug-likeness (QED) is 0.570. The molecule has 0 saturated heterocycles. The molecule has 0 spiro atoms. The fraction of sp³-hybridized carbons (Fsp3) is 0.125. The van der Waals surface area contributed by atoms with E-state index in [1.54, 1.807) is 11.4 Å². The van der Waals surface area contributed by atoms with Crippen molar-refractivity contribution < 1.29 is 18.2 Å². The van der Waals surface area contributed by atoms with Crippen LogP contribution >= 0.6 is 11.3 Å². The van der Waals surface area contributed by atoms with Gasteiger partial charge in [0.2, 0.25) is 6.20 Å². The van der Waals surface area contributed by atoms with Crippen molar-refractivity contribution in [1.29, 1.82) is 0 Å². The lowest BCUT2D eigenvalue weighted by molar-refractivity contribution is -0.575. The smallest absolute Gasteiger partial charge is 0.387 e. The third-order valence-corrected chi connectivity index (χ3v) is 2.55. The van der Waals surface area contributed by atoms with Gasteiger partial charge in [0.05, 0.1) is 5.39 Å². The Morgan fingerprint density at radius 3 is 3.00 bits per heavy atom. The van der Waals surface area contributed by atoms with E-state index in [1.165, 1.54) is 17.4 Å². The number of hydrogen-bond acceptors (Lipinski definition) is 3. The molecule has 0 aliphatic rings. The number of pyridine rings is 1. The van der Waals surface area contributed by atoms with Crippen LogP contribution in [-0.2, 0) is 0 Å². The number of fused-ring (bicyclic) bond motifs is 1. The summed E-state index contributed by atoms with van der Waals surface area (Å²) in [5.74, 6) is -0.124. The molecule has 0 amide bonds. The summed E-state index contributed by atoms with van der Waals surface area (Å²) in [5.41, 5.74) is 0. The summed E-state index contributed by atoms with van der Waals surface area (Å²) < 4.78 is 28.3. The van der Waals surface area contributed by atoms with Crippen molar-refractivity contribution in [2.24, 2.45) is 0 Å². The molecule has 0 unspecified atom stereocenters. The molecule has 0 aromatic carbocycles.